The van der Waals surface area contributed by atoms with E-state index in [2.05, 4.69) is 10.9 Å². The van der Waals surface area contributed by atoms with E-state index < -0.39 is 0 Å². The average molecular weight is 198 g/mol. The van der Waals surface area contributed by atoms with E-state index >= 15 is 0 Å². The third-order valence-corrected chi connectivity index (χ3v) is 2.40. The third kappa shape index (κ3) is 4.84. The highest BCUT2D eigenvalue weighted by molar-refractivity contribution is 5.81. The standard InChI is InChI=1S/C10H18N2O2/c13-9-7-5-3-1-2-4-6-8-10(14)12-11-9/h1-8H2,(H,11,13)(H,12,14). The lowest BCUT2D eigenvalue weighted by atomic mass is 10.1. The molecule has 0 aromatic carbocycles. The summed E-state index contributed by atoms with van der Waals surface area (Å²) in [5.74, 6) is -0.169. The van der Waals surface area contributed by atoms with E-state index in [1.165, 1.54) is 12.8 Å². The van der Waals surface area contributed by atoms with Crippen molar-refractivity contribution in [3.63, 3.8) is 0 Å². The van der Waals surface area contributed by atoms with E-state index in [-0.39, 0.29) is 11.8 Å². The Hall–Kier alpha value is -1.06. The van der Waals surface area contributed by atoms with E-state index in [1.54, 1.807) is 0 Å². The van der Waals surface area contributed by atoms with Crippen molar-refractivity contribution in [3.8, 4) is 0 Å². The molecule has 14 heavy (non-hydrogen) atoms. The minimum absolute atomic E-state index is 0.0843. The average Bonchev–Trinajstić information content (AvgIpc) is 2.17. The van der Waals surface area contributed by atoms with Gasteiger partial charge in [-0.15, -0.1) is 0 Å². The van der Waals surface area contributed by atoms with Crippen LogP contribution in [0.2, 0.25) is 0 Å². The number of hydrazine groups is 1. The van der Waals surface area contributed by atoms with Gasteiger partial charge < -0.3 is 0 Å². The monoisotopic (exact) mass is 198 g/mol. The Morgan fingerprint density at radius 2 is 1.00 bits per heavy atom. The Morgan fingerprint density at radius 1 is 0.643 bits per heavy atom. The van der Waals surface area contributed by atoms with E-state index in [9.17, 15) is 9.59 Å². The fourth-order valence-corrected chi connectivity index (χ4v) is 1.54. The molecule has 2 amide bonds. The Kier molecular flexibility index (Phi) is 5.04. The highest BCUT2D eigenvalue weighted by Gasteiger charge is 2.05. The summed E-state index contributed by atoms with van der Waals surface area (Å²) in [6.07, 6.45) is 7.44. The number of nitrogens with one attached hydrogen (secondary N) is 2. The van der Waals surface area contributed by atoms with E-state index in [0.29, 0.717) is 12.8 Å². The molecule has 1 aliphatic rings. The molecule has 0 atom stereocenters. The molecule has 0 saturated carbocycles. The van der Waals surface area contributed by atoms with Crippen molar-refractivity contribution in [1.82, 2.24) is 10.9 Å². The number of amides is 2. The molecule has 1 saturated heterocycles. The van der Waals surface area contributed by atoms with Crippen LogP contribution in [0.1, 0.15) is 51.4 Å². The Balaban J connectivity index is 2.29. The van der Waals surface area contributed by atoms with Crippen LogP contribution in [0.4, 0.5) is 0 Å². The molecule has 0 aromatic heterocycles. The van der Waals surface area contributed by atoms with Crippen LogP contribution in [0.5, 0.6) is 0 Å². The Morgan fingerprint density at radius 3 is 1.43 bits per heavy atom. The molecule has 0 spiro atoms. The zero-order chi connectivity index (χ0) is 10.2. The zero-order valence-corrected chi connectivity index (χ0v) is 8.47. The van der Waals surface area contributed by atoms with Crippen molar-refractivity contribution in [3.05, 3.63) is 0 Å². The molecular formula is C10H18N2O2. The Bertz CT molecular complexity index is 182. The number of hydrogen-bond acceptors (Lipinski definition) is 2. The maximum absolute atomic E-state index is 11.1. The molecule has 0 unspecified atom stereocenters. The first-order valence-corrected chi connectivity index (χ1v) is 5.37. The fourth-order valence-electron chi connectivity index (χ4n) is 1.54. The van der Waals surface area contributed by atoms with Gasteiger partial charge in [0.1, 0.15) is 0 Å². The van der Waals surface area contributed by atoms with Crippen LogP contribution in [0, 0.1) is 0 Å². The number of carbonyl (C=O) groups excluding carboxylic acids is 2. The summed E-state index contributed by atoms with van der Waals surface area (Å²) < 4.78 is 0. The van der Waals surface area contributed by atoms with E-state index in [1.807, 2.05) is 0 Å². The molecule has 0 bridgehead atoms. The Labute approximate surface area is 84.4 Å². The molecule has 0 radical (unpaired) electrons. The minimum atomic E-state index is -0.0843. The van der Waals surface area contributed by atoms with Crippen molar-refractivity contribution < 1.29 is 9.59 Å². The minimum Gasteiger partial charge on any atom is -0.273 e. The quantitative estimate of drug-likeness (QED) is 0.615. The van der Waals surface area contributed by atoms with E-state index in [0.717, 1.165) is 25.7 Å². The van der Waals surface area contributed by atoms with Crippen molar-refractivity contribution >= 4 is 11.8 Å². The van der Waals surface area contributed by atoms with Gasteiger partial charge in [0.25, 0.3) is 0 Å². The topological polar surface area (TPSA) is 58.2 Å². The summed E-state index contributed by atoms with van der Waals surface area (Å²) in [6, 6.07) is 0. The summed E-state index contributed by atoms with van der Waals surface area (Å²) in [5.41, 5.74) is 4.82. The first-order valence-electron chi connectivity index (χ1n) is 5.37. The van der Waals surface area contributed by atoms with Gasteiger partial charge in [-0.2, -0.15) is 0 Å². The van der Waals surface area contributed by atoms with Crippen LogP contribution >= 0.6 is 0 Å². The van der Waals surface area contributed by atoms with Crippen molar-refractivity contribution in [1.29, 1.82) is 0 Å². The molecule has 1 heterocycles. The molecule has 4 heteroatoms. The van der Waals surface area contributed by atoms with Gasteiger partial charge in [-0.25, -0.2) is 0 Å². The SMILES string of the molecule is O=C1CCCCCCCCC(=O)NN1. The lowest BCUT2D eigenvalue weighted by Crippen LogP contribution is -2.41. The molecular weight excluding hydrogens is 180 g/mol. The highest BCUT2D eigenvalue weighted by Crippen LogP contribution is 2.08. The number of hydrogen-bond donors (Lipinski definition) is 2. The third-order valence-electron chi connectivity index (χ3n) is 2.40. The lowest BCUT2D eigenvalue weighted by Gasteiger charge is -2.09. The second kappa shape index (κ2) is 6.40. The second-order valence-corrected chi connectivity index (χ2v) is 3.72. The molecule has 2 N–H and O–H groups in total. The summed E-state index contributed by atoms with van der Waals surface area (Å²) in [4.78, 5) is 22.2. The van der Waals surface area contributed by atoms with Crippen LogP contribution in [-0.2, 0) is 9.59 Å². The molecule has 1 fully saturated rings. The molecule has 80 valence electrons. The molecule has 4 nitrogen and oxygen atoms in total. The predicted molar refractivity (Wildman–Crippen MR) is 53.2 cm³/mol. The van der Waals surface area contributed by atoms with Gasteiger partial charge in [0.05, 0.1) is 0 Å². The van der Waals surface area contributed by atoms with Gasteiger partial charge in [0.15, 0.2) is 0 Å². The maximum atomic E-state index is 11.1. The van der Waals surface area contributed by atoms with Crippen molar-refractivity contribution in [2.45, 2.75) is 51.4 Å². The summed E-state index contributed by atoms with van der Waals surface area (Å²) in [6.45, 7) is 0. The molecule has 0 aromatic rings. The van der Waals surface area contributed by atoms with Gasteiger partial charge in [0.2, 0.25) is 11.8 Å². The molecule has 0 aliphatic carbocycles. The molecule has 1 rings (SSSR count). The smallest absolute Gasteiger partial charge is 0.238 e. The summed E-state index contributed by atoms with van der Waals surface area (Å²) in [7, 11) is 0. The van der Waals surface area contributed by atoms with Gasteiger partial charge in [-0.1, -0.05) is 25.7 Å². The first-order chi connectivity index (χ1) is 6.79. The number of carbonyl (C=O) groups is 2. The van der Waals surface area contributed by atoms with E-state index in [4.69, 9.17) is 0 Å². The first kappa shape index (κ1) is 11.0. The van der Waals surface area contributed by atoms with Crippen molar-refractivity contribution in [2.24, 2.45) is 0 Å². The molecule has 1 aliphatic heterocycles. The van der Waals surface area contributed by atoms with Crippen LogP contribution in [-0.4, -0.2) is 11.8 Å². The summed E-state index contributed by atoms with van der Waals surface area (Å²) >= 11 is 0. The van der Waals surface area contributed by atoms with Crippen LogP contribution in [0.15, 0.2) is 0 Å². The van der Waals surface area contributed by atoms with Crippen LogP contribution in [0.3, 0.4) is 0 Å². The van der Waals surface area contributed by atoms with Gasteiger partial charge >= 0.3 is 0 Å². The zero-order valence-electron chi connectivity index (χ0n) is 8.47. The van der Waals surface area contributed by atoms with Crippen LogP contribution in [0.25, 0.3) is 0 Å². The van der Waals surface area contributed by atoms with Gasteiger partial charge in [0, 0.05) is 12.8 Å². The largest absolute Gasteiger partial charge is 0.273 e. The number of rotatable bonds is 0. The second-order valence-electron chi connectivity index (χ2n) is 3.72. The van der Waals surface area contributed by atoms with Gasteiger partial charge in [-0.3, -0.25) is 20.4 Å². The normalized spacial score (nSPS) is 21.4. The van der Waals surface area contributed by atoms with Crippen molar-refractivity contribution in [2.75, 3.05) is 0 Å². The van der Waals surface area contributed by atoms with Gasteiger partial charge in [-0.05, 0) is 12.8 Å². The fraction of sp³-hybridized carbons (Fsp3) is 0.800. The summed E-state index contributed by atoms with van der Waals surface area (Å²) in [5, 5.41) is 0. The predicted octanol–water partition coefficient (Wildman–Crippen LogP) is 1.27. The van der Waals surface area contributed by atoms with Crippen LogP contribution < -0.4 is 10.9 Å². The maximum Gasteiger partial charge on any atom is 0.238 e. The lowest BCUT2D eigenvalue weighted by molar-refractivity contribution is -0.129. The highest BCUT2D eigenvalue weighted by atomic mass is 16.2.